The Labute approximate surface area is 90.8 Å². The van der Waals surface area contributed by atoms with Crippen molar-refractivity contribution in [1.82, 2.24) is 20.7 Å². The Kier molecular flexibility index (Phi) is 4.58. The first-order valence-corrected chi connectivity index (χ1v) is 5.56. The topological polar surface area (TPSA) is 70.7 Å². The van der Waals surface area contributed by atoms with E-state index in [1.807, 2.05) is 0 Å². The Hall–Kier alpha value is -0.910. The van der Waals surface area contributed by atoms with Crippen LogP contribution in [0, 0.1) is 5.92 Å². The van der Waals surface area contributed by atoms with Gasteiger partial charge in [-0.15, -0.1) is 0 Å². The second-order valence-electron chi connectivity index (χ2n) is 3.15. The molecule has 0 aromatic carbocycles. The van der Waals surface area contributed by atoms with E-state index in [2.05, 4.69) is 43.6 Å². The van der Waals surface area contributed by atoms with Gasteiger partial charge in [0.2, 0.25) is 0 Å². The van der Waals surface area contributed by atoms with Crippen LogP contribution >= 0.6 is 15.9 Å². The van der Waals surface area contributed by atoms with Crippen LogP contribution in [0.5, 0.6) is 0 Å². The second-order valence-corrected chi connectivity index (χ2v) is 3.94. The number of carbonyl (C=O) groups excluding carboxylic acids is 1. The molecule has 0 aliphatic rings. The standard InChI is InChI=1S/C8H13BrN4O/c1-6(2-3-9)4-10-8(14)7-5-11-13-12-7/h5-6H,2-4H2,1H3,(H,10,14)(H,11,12,13). The molecule has 78 valence electrons. The first kappa shape index (κ1) is 11.2. The van der Waals surface area contributed by atoms with E-state index in [-0.39, 0.29) is 5.91 Å². The molecule has 0 saturated carbocycles. The molecule has 1 aromatic rings. The maximum atomic E-state index is 11.4. The Balaban J connectivity index is 2.28. The van der Waals surface area contributed by atoms with Crippen LogP contribution in [0.25, 0.3) is 0 Å². The molecular formula is C8H13BrN4O. The Morgan fingerprint density at radius 1 is 1.79 bits per heavy atom. The van der Waals surface area contributed by atoms with Gasteiger partial charge >= 0.3 is 0 Å². The van der Waals surface area contributed by atoms with Crippen LogP contribution in [0.3, 0.4) is 0 Å². The zero-order valence-electron chi connectivity index (χ0n) is 7.96. The minimum atomic E-state index is -0.180. The highest BCUT2D eigenvalue weighted by Gasteiger charge is 2.09. The molecule has 6 heteroatoms. The number of nitrogens with one attached hydrogen (secondary N) is 2. The number of hydrogen-bond acceptors (Lipinski definition) is 3. The molecule has 0 aliphatic carbocycles. The second kappa shape index (κ2) is 5.74. The third-order valence-electron chi connectivity index (χ3n) is 1.86. The summed E-state index contributed by atoms with van der Waals surface area (Å²) in [4.78, 5) is 11.4. The van der Waals surface area contributed by atoms with Gasteiger partial charge in [0.25, 0.3) is 5.91 Å². The van der Waals surface area contributed by atoms with Crippen LogP contribution in [0.4, 0.5) is 0 Å². The lowest BCUT2D eigenvalue weighted by Crippen LogP contribution is -2.28. The van der Waals surface area contributed by atoms with Crippen molar-refractivity contribution in [2.24, 2.45) is 5.92 Å². The molecular weight excluding hydrogens is 248 g/mol. The fourth-order valence-electron chi connectivity index (χ4n) is 0.957. The summed E-state index contributed by atoms with van der Waals surface area (Å²) in [6.45, 7) is 2.75. The van der Waals surface area contributed by atoms with E-state index in [1.54, 1.807) is 0 Å². The first-order valence-electron chi connectivity index (χ1n) is 4.44. The molecule has 0 aliphatic heterocycles. The van der Waals surface area contributed by atoms with Crippen LogP contribution in [0.1, 0.15) is 23.8 Å². The number of carbonyl (C=O) groups is 1. The number of halogens is 1. The molecule has 1 unspecified atom stereocenters. The fourth-order valence-corrected chi connectivity index (χ4v) is 1.74. The third-order valence-corrected chi connectivity index (χ3v) is 2.32. The van der Waals surface area contributed by atoms with Crippen LogP contribution in [-0.4, -0.2) is 33.2 Å². The summed E-state index contributed by atoms with van der Waals surface area (Å²) in [5, 5.41) is 13.4. The lowest BCUT2D eigenvalue weighted by atomic mass is 10.1. The van der Waals surface area contributed by atoms with Gasteiger partial charge in [0.15, 0.2) is 5.69 Å². The summed E-state index contributed by atoms with van der Waals surface area (Å²) < 4.78 is 0. The third kappa shape index (κ3) is 3.45. The van der Waals surface area contributed by atoms with E-state index in [0.717, 1.165) is 11.8 Å². The number of H-pyrrole nitrogens is 1. The van der Waals surface area contributed by atoms with Crippen LogP contribution in [-0.2, 0) is 0 Å². The molecule has 1 rings (SSSR count). The number of amides is 1. The average Bonchev–Trinajstić information content (AvgIpc) is 2.67. The molecule has 1 aromatic heterocycles. The highest BCUT2D eigenvalue weighted by atomic mass is 79.9. The molecule has 0 saturated heterocycles. The van der Waals surface area contributed by atoms with Crippen molar-refractivity contribution in [3.05, 3.63) is 11.9 Å². The number of nitrogens with zero attached hydrogens (tertiary/aromatic N) is 2. The van der Waals surface area contributed by atoms with E-state index >= 15 is 0 Å². The van der Waals surface area contributed by atoms with Gasteiger partial charge < -0.3 is 5.32 Å². The molecule has 0 bridgehead atoms. The van der Waals surface area contributed by atoms with Crippen molar-refractivity contribution in [2.75, 3.05) is 11.9 Å². The zero-order chi connectivity index (χ0) is 10.4. The van der Waals surface area contributed by atoms with E-state index in [1.165, 1.54) is 6.20 Å². The fraction of sp³-hybridized carbons (Fsp3) is 0.625. The van der Waals surface area contributed by atoms with E-state index in [0.29, 0.717) is 18.2 Å². The van der Waals surface area contributed by atoms with Crippen molar-refractivity contribution in [3.63, 3.8) is 0 Å². The minimum absolute atomic E-state index is 0.180. The maximum Gasteiger partial charge on any atom is 0.273 e. The van der Waals surface area contributed by atoms with Gasteiger partial charge in [0.1, 0.15) is 0 Å². The molecule has 0 fully saturated rings. The average molecular weight is 261 g/mol. The van der Waals surface area contributed by atoms with Crippen LogP contribution < -0.4 is 5.32 Å². The normalized spacial score (nSPS) is 12.4. The first-order chi connectivity index (χ1) is 6.74. The Morgan fingerprint density at radius 2 is 2.57 bits per heavy atom. The quantitative estimate of drug-likeness (QED) is 0.775. The lowest BCUT2D eigenvalue weighted by molar-refractivity contribution is 0.0943. The van der Waals surface area contributed by atoms with Crippen molar-refractivity contribution in [1.29, 1.82) is 0 Å². The van der Waals surface area contributed by atoms with Crippen molar-refractivity contribution in [2.45, 2.75) is 13.3 Å². The molecule has 0 spiro atoms. The number of rotatable bonds is 5. The number of hydrogen-bond donors (Lipinski definition) is 2. The Bertz CT molecular complexity index is 275. The summed E-state index contributed by atoms with van der Waals surface area (Å²) in [6, 6.07) is 0. The van der Waals surface area contributed by atoms with E-state index in [4.69, 9.17) is 0 Å². The maximum absolute atomic E-state index is 11.4. The van der Waals surface area contributed by atoms with Crippen LogP contribution in [0.15, 0.2) is 6.20 Å². The molecule has 0 radical (unpaired) electrons. The summed E-state index contributed by atoms with van der Waals surface area (Å²) in [6.07, 6.45) is 2.45. The van der Waals surface area contributed by atoms with Gasteiger partial charge in [-0.2, -0.15) is 15.4 Å². The van der Waals surface area contributed by atoms with Crippen LogP contribution in [0.2, 0.25) is 0 Å². The smallest absolute Gasteiger partial charge is 0.273 e. The number of alkyl halides is 1. The van der Waals surface area contributed by atoms with Gasteiger partial charge in [0, 0.05) is 11.9 Å². The van der Waals surface area contributed by atoms with Crippen molar-refractivity contribution < 1.29 is 4.79 Å². The predicted octanol–water partition coefficient (Wildman–Crippen LogP) is 0.956. The number of aromatic nitrogens is 3. The summed E-state index contributed by atoms with van der Waals surface area (Å²) >= 11 is 3.36. The zero-order valence-corrected chi connectivity index (χ0v) is 9.54. The summed E-state index contributed by atoms with van der Waals surface area (Å²) in [5.41, 5.74) is 0.330. The van der Waals surface area contributed by atoms with Crippen molar-refractivity contribution in [3.8, 4) is 0 Å². The number of aromatic amines is 1. The summed E-state index contributed by atoms with van der Waals surface area (Å²) in [5.74, 6) is 0.283. The molecule has 1 amide bonds. The van der Waals surface area contributed by atoms with Gasteiger partial charge in [-0.05, 0) is 12.3 Å². The van der Waals surface area contributed by atoms with Crippen molar-refractivity contribution >= 4 is 21.8 Å². The largest absolute Gasteiger partial charge is 0.350 e. The SMILES string of the molecule is CC(CCBr)CNC(=O)c1cn[nH]n1. The monoisotopic (exact) mass is 260 g/mol. The predicted molar refractivity (Wildman–Crippen MR) is 56.3 cm³/mol. The van der Waals surface area contributed by atoms with Gasteiger partial charge in [0.05, 0.1) is 6.20 Å². The van der Waals surface area contributed by atoms with E-state index in [9.17, 15) is 4.79 Å². The minimum Gasteiger partial charge on any atom is -0.350 e. The van der Waals surface area contributed by atoms with Gasteiger partial charge in [-0.3, -0.25) is 4.79 Å². The molecule has 2 N–H and O–H groups in total. The molecule has 1 heterocycles. The Morgan fingerprint density at radius 3 is 3.14 bits per heavy atom. The lowest BCUT2D eigenvalue weighted by Gasteiger charge is -2.09. The summed E-state index contributed by atoms with van der Waals surface area (Å²) in [7, 11) is 0. The highest BCUT2D eigenvalue weighted by molar-refractivity contribution is 9.09. The molecule has 14 heavy (non-hydrogen) atoms. The van der Waals surface area contributed by atoms with Gasteiger partial charge in [-0.25, -0.2) is 0 Å². The molecule has 1 atom stereocenters. The highest BCUT2D eigenvalue weighted by Crippen LogP contribution is 2.02. The van der Waals surface area contributed by atoms with E-state index < -0.39 is 0 Å². The molecule has 5 nitrogen and oxygen atoms in total. The van der Waals surface area contributed by atoms with Gasteiger partial charge in [-0.1, -0.05) is 22.9 Å².